The molecule has 2 heterocycles. The molecule has 1 N–H and O–H groups in total. The summed E-state index contributed by atoms with van der Waals surface area (Å²) in [5.74, 6) is 0.933. The van der Waals surface area contributed by atoms with Gasteiger partial charge in [-0.2, -0.15) is 0 Å². The minimum atomic E-state index is 0.0698. The van der Waals surface area contributed by atoms with Gasteiger partial charge >= 0.3 is 0 Å². The average molecular weight is 298 g/mol. The third-order valence-corrected chi connectivity index (χ3v) is 4.83. The van der Waals surface area contributed by atoms with Crippen molar-refractivity contribution in [1.29, 1.82) is 0 Å². The number of nitrogens with zero attached hydrogens (tertiary/aromatic N) is 2. The van der Waals surface area contributed by atoms with E-state index >= 15 is 0 Å². The molecule has 0 radical (unpaired) electrons. The van der Waals surface area contributed by atoms with E-state index in [0.717, 1.165) is 40.4 Å². The summed E-state index contributed by atoms with van der Waals surface area (Å²) in [5.41, 5.74) is 0.873. The number of thiophene rings is 1. The second-order valence-corrected chi connectivity index (χ2v) is 6.19. The van der Waals surface area contributed by atoms with Gasteiger partial charge in [-0.1, -0.05) is 18.2 Å². The Morgan fingerprint density at radius 3 is 3.00 bits per heavy atom. The molecule has 2 rings (SSSR count). The standard InChI is InChI=1S/C13H18N2O2S2/c1-2-15-12(17)11-10(6-9-18-11)14-13(15)19-8-5-3-4-7-16/h6,9,16H,2-5,7-8H2,1H3. The summed E-state index contributed by atoms with van der Waals surface area (Å²) in [6.07, 6.45) is 2.89. The van der Waals surface area contributed by atoms with Crippen molar-refractivity contribution in [1.82, 2.24) is 9.55 Å². The first-order valence-corrected chi connectivity index (χ1v) is 8.36. The van der Waals surface area contributed by atoms with Gasteiger partial charge in [-0.15, -0.1) is 11.3 Å². The van der Waals surface area contributed by atoms with Crippen LogP contribution in [0.2, 0.25) is 0 Å². The molecular weight excluding hydrogens is 280 g/mol. The van der Waals surface area contributed by atoms with E-state index in [1.807, 2.05) is 18.4 Å². The minimum Gasteiger partial charge on any atom is -0.396 e. The molecule has 0 amide bonds. The van der Waals surface area contributed by atoms with Crippen LogP contribution in [0.5, 0.6) is 0 Å². The van der Waals surface area contributed by atoms with Crippen LogP contribution in [0.1, 0.15) is 26.2 Å². The van der Waals surface area contributed by atoms with Crippen LogP contribution in [0.25, 0.3) is 10.2 Å². The molecule has 0 spiro atoms. The second-order valence-electron chi connectivity index (χ2n) is 4.21. The zero-order valence-corrected chi connectivity index (χ0v) is 12.6. The molecule has 0 fully saturated rings. The average Bonchev–Trinajstić information content (AvgIpc) is 2.87. The van der Waals surface area contributed by atoms with Gasteiger partial charge in [0.2, 0.25) is 0 Å². The smallest absolute Gasteiger partial charge is 0.272 e. The van der Waals surface area contributed by atoms with Gasteiger partial charge < -0.3 is 5.11 Å². The molecule has 0 aliphatic carbocycles. The Labute approximate surface area is 120 Å². The number of fused-ring (bicyclic) bond motifs is 1. The summed E-state index contributed by atoms with van der Waals surface area (Å²) in [4.78, 5) is 16.8. The number of aliphatic hydroxyl groups excluding tert-OH is 1. The number of hydrogen-bond acceptors (Lipinski definition) is 5. The van der Waals surface area contributed by atoms with Gasteiger partial charge in [-0.25, -0.2) is 4.98 Å². The third kappa shape index (κ3) is 3.38. The predicted molar refractivity (Wildman–Crippen MR) is 81.2 cm³/mol. The van der Waals surface area contributed by atoms with E-state index in [1.165, 1.54) is 11.3 Å². The van der Waals surface area contributed by atoms with Crippen LogP contribution < -0.4 is 5.56 Å². The fraction of sp³-hybridized carbons (Fsp3) is 0.538. The van der Waals surface area contributed by atoms with Crippen molar-refractivity contribution in [2.45, 2.75) is 37.9 Å². The summed E-state index contributed by atoms with van der Waals surface area (Å²) in [6.45, 7) is 2.88. The second kappa shape index (κ2) is 7.07. The molecule has 0 aromatic carbocycles. The summed E-state index contributed by atoms with van der Waals surface area (Å²) < 4.78 is 2.49. The van der Waals surface area contributed by atoms with E-state index in [9.17, 15) is 4.79 Å². The molecule has 4 nitrogen and oxygen atoms in total. The van der Waals surface area contributed by atoms with E-state index in [4.69, 9.17) is 5.11 Å². The van der Waals surface area contributed by atoms with E-state index in [2.05, 4.69) is 4.98 Å². The van der Waals surface area contributed by atoms with Gasteiger partial charge in [-0.05, 0) is 31.2 Å². The molecule has 0 saturated heterocycles. The Morgan fingerprint density at radius 2 is 2.26 bits per heavy atom. The van der Waals surface area contributed by atoms with Crippen LogP contribution in [-0.4, -0.2) is 27.0 Å². The maximum absolute atomic E-state index is 12.3. The Hall–Kier alpha value is -0.850. The first-order valence-electron chi connectivity index (χ1n) is 6.49. The molecule has 0 atom stereocenters. The van der Waals surface area contributed by atoms with Crippen molar-refractivity contribution in [3.63, 3.8) is 0 Å². The van der Waals surface area contributed by atoms with E-state index < -0.39 is 0 Å². The first kappa shape index (κ1) is 14.6. The summed E-state index contributed by atoms with van der Waals surface area (Å²) in [7, 11) is 0. The van der Waals surface area contributed by atoms with Gasteiger partial charge in [-0.3, -0.25) is 9.36 Å². The molecule has 0 aliphatic heterocycles. The minimum absolute atomic E-state index is 0.0698. The van der Waals surface area contributed by atoms with Crippen molar-refractivity contribution in [2.75, 3.05) is 12.4 Å². The lowest BCUT2D eigenvalue weighted by Crippen LogP contribution is -2.21. The fourth-order valence-electron chi connectivity index (χ4n) is 1.87. The summed E-state index contributed by atoms with van der Waals surface area (Å²) in [5, 5.41) is 11.5. The van der Waals surface area contributed by atoms with Crippen molar-refractivity contribution >= 4 is 33.3 Å². The zero-order chi connectivity index (χ0) is 13.7. The van der Waals surface area contributed by atoms with Gasteiger partial charge in [0, 0.05) is 18.9 Å². The van der Waals surface area contributed by atoms with Crippen molar-refractivity contribution in [3.05, 3.63) is 21.8 Å². The number of thioether (sulfide) groups is 1. The van der Waals surface area contributed by atoms with E-state index in [-0.39, 0.29) is 12.2 Å². The van der Waals surface area contributed by atoms with Crippen molar-refractivity contribution in [2.24, 2.45) is 0 Å². The summed E-state index contributed by atoms with van der Waals surface area (Å²) in [6, 6.07) is 1.90. The first-order chi connectivity index (χ1) is 9.27. The van der Waals surface area contributed by atoms with Crippen LogP contribution >= 0.6 is 23.1 Å². The largest absolute Gasteiger partial charge is 0.396 e. The van der Waals surface area contributed by atoms with Crippen molar-refractivity contribution < 1.29 is 5.11 Å². The SMILES string of the molecule is CCn1c(SCCCCCO)nc2ccsc2c1=O. The molecule has 19 heavy (non-hydrogen) atoms. The normalized spacial score (nSPS) is 11.3. The highest BCUT2D eigenvalue weighted by molar-refractivity contribution is 7.99. The van der Waals surface area contributed by atoms with Crippen LogP contribution in [0.15, 0.2) is 21.4 Å². The zero-order valence-electron chi connectivity index (χ0n) is 11.0. The number of rotatable bonds is 7. The molecule has 0 aliphatic rings. The van der Waals surface area contributed by atoms with E-state index in [0.29, 0.717) is 6.54 Å². The molecule has 2 aromatic heterocycles. The van der Waals surface area contributed by atoms with Crippen molar-refractivity contribution in [3.8, 4) is 0 Å². The topological polar surface area (TPSA) is 55.1 Å². The molecule has 0 saturated carbocycles. The lowest BCUT2D eigenvalue weighted by atomic mass is 10.3. The highest BCUT2D eigenvalue weighted by atomic mass is 32.2. The summed E-state index contributed by atoms with van der Waals surface area (Å²) >= 11 is 3.08. The number of unbranched alkanes of at least 4 members (excludes halogenated alkanes) is 2. The Bertz CT molecular complexity index is 592. The van der Waals surface area contributed by atoms with Gasteiger partial charge in [0.05, 0.1) is 5.52 Å². The lowest BCUT2D eigenvalue weighted by molar-refractivity contribution is 0.284. The quantitative estimate of drug-likeness (QED) is 0.485. The molecular formula is C13H18N2O2S2. The molecule has 6 heteroatoms. The van der Waals surface area contributed by atoms with Crippen LogP contribution in [-0.2, 0) is 6.54 Å². The third-order valence-electron chi connectivity index (χ3n) is 2.88. The Balaban J connectivity index is 2.15. The maximum Gasteiger partial charge on any atom is 0.272 e. The fourth-order valence-corrected chi connectivity index (χ4v) is 3.71. The number of hydrogen-bond donors (Lipinski definition) is 1. The van der Waals surface area contributed by atoms with Crippen LogP contribution in [0.3, 0.4) is 0 Å². The monoisotopic (exact) mass is 298 g/mol. The Morgan fingerprint density at radius 1 is 1.42 bits per heavy atom. The van der Waals surface area contributed by atoms with Crippen LogP contribution in [0, 0.1) is 0 Å². The van der Waals surface area contributed by atoms with Gasteiger partial charge in [0.25, 0.3) is 5.56 Å². The molecule has 104 valence electrons. The number of aromatic nitrogens is 2. The van der Waals surface area contributed by atoms with E-state index in [1.54, 1.807) is 16.3 Å². The maximum atomic E-state index is 12.3. The lowest BCUT2D eigenvalue weighted by Gasteiger charge is -2.09. The molecule has 2 aromatic rings. The highest BCUT2D eigenvalue weighted by Crippen LogP contribution is 2.21. The van der Waals surface area contributed by atoms with Gasteiger partial charge in [0.1, 0.15) is 4.70 Å². The molecule has 0 bridgehead atoms. The van der Waals surface area contributed by atoms with Gasteiger partial charge in [0.15, 0.2) is 5.16 Å². The predicted octanol–water partition coefficient (Wildman–Crippen LogP) is 2.73. The highest BCUT2D eigenvalue weighted by Gasteiger charge is 2.10. The number of aliphatic hydroxyl groups is 1. The Kier molecular flexibility index (Phi) is 5.42. The van der Waals surface area contributed by atoms with Crippen LogP contribution in [0.4, 0.5) is 0 Å². The molecule has 0 unspecified atom stereocenters.